The van der Waals surface area contributed by atoms with Gasteiger partial charge in [0, 0.05) is 32.2 Å². The molecular weight excluding hydrogens is 326 g/mol. The molecule has 1 N–H and O–H groups in total. The number of carbonyl (C=O) groups is 2. The van der Waals surface area contributed by atoms with Crippen LogP contribution < -0.4 is 5.32 Å². The molecule has 1 aromatic carbocycles. The number of nitrogens with one attached hydrogen (secondary N) is 1. The van der Waals surface area contributed by atoms with Crippen molar-refractivity contribution in [2.24, 2.45) is 5.92 Å². The van der Waals surface area contributed by atoms with Crippen LogP contribution in [0.2, 0.25) is 0 Å². The van der Waals surface area contributed by atoms with Crippen LogP contribution in [0.15, 0.2) is 24.3 Å². The van der Waals surface area contributed by atoms with Crippen LogP contribution in [-0.4, -0.2) is 60.4 Å². The van der Waals surface area contributed by atoms with E-state index in [4.69, 9.17) is 0 Å². The maximum atomic E-state index is 12.5. The SMILES string of the molecule is CC(C)Cc1ccc(CC(=O)N2CCN(CC(=O)NC(C)C)CC2)cc1. The summed E-state index contributed by atoms with van der Waals surface area (Å²) >= 11 is 0. The van der Waals surface area contributed by atoms with E-state index >= 15 is 0 Å². The largest absolute Gasteiger partial charge is 0.353 e. The van der Waals surface area contributed by atoms with E-state index in [1.165, 1.54) is 5.56 Å². The molecule has 5 nitrogen and oxygen atoms in total. The van der Waals surface area contributed by atoms with Gasteiger partial charge in [-0.1, -0.05) is 38.1 Å². The van der Waals surface area contributed by atoms with Gasteiger partial charge in [0.1, 0.15) is 0 Å². The van der Waals surface area contributed by atoms with E-state index in [1.807, 2.05) is 18.7 Å². The third kappa shape index (κ3) is 6.79. The van der Waals surface area contributed by atoms with Gasteiger partial charge < -0.3 is 10.2 Å². The predicted molar refractivity (Wildman–Crippen MR) is 105 cm³/mol. The van der Waals surface area contributed by atoms with Crippen molar-refractivity contribution in [1.29, 1.82) is 0 Å². The van der Waals surface area contributed by atoms with Gasteiger partial charge in [-0.3, -0.25) is 14.5 Å². The van der Waals surface area contributed by atoms with E-state index in [2.05, 4.69) is 48.3 Å². The Bertz CT molecular complexity index is 588. The molecule has 2 rings (SSSR count). The quantitative estimate of drug-likeness (QED) is 0.811. The smallest absolute Gasteiger partial charge is 0.234 e. The average molecular weight is 360 g/mol. The minimum atomic E-state index is 0.0567. The molecule has 0 aliphatic carbocycles. The van der Waals surface area contributed by atoms with Crippen LogP contribution in [0.4, 0.5) is 0 Å². The maximum absolute atomic E-state index is 12.5. The molecule has 1 aliphatic heterocycles. The van der Waals surface area contributed by atoms with E-state index in [0.29, 0.717) is 32.0 Å². The first-order valence-corrected chi connectivity index (χ1v) is 9.70. The summed E-state index contributed by atoms with van der Waals surface area (Å²) in [5.41, 5.74) is 2.39. The fourth-order valence-electron chi connectivity index (χ4n) is 3.28. The van der Waals surface area contributed by atoms with Gasteiger partial charge in [0.15, 0.2) is 0 Å². The molecule has 0 unspecified atom stereocenters. The Balaban J connectivity index is 1.76. The normalized spacial score (nSPS) is 15.5. The Morgan fingerprint density at radius 1 is 0.962 bits per heavy atom. The molecule has 0 atom stereocenters. The molecule has 2 amide bonds. The minimum absolute atomic E-state index is 0.0567. The van der Waals surface area contributed by atoms with Crippen LogP contribution in [0.3, 0.4) is 0 Å². The zero-order valence-electron chi connectivity index (χ0n) is 16.6. The first kappa shape index (κ1) is 20.4. The van der Waals surface area contributed by atoms with E-state index in [-0.39, 0.29) is 17.9 Å². The van der Waals surface area contributed by atoms with Gasteiger partial charge in [-0.15, -0.1) is 0 Å². The second-order valence-corrected chi connectivity index (χ2v) is 7.97. The van der Waals surface area contributed by atoms with E-state index in [9.17, 15) is 9.59 Å². The summed E-state index contributed by atoms with van der Waals surface area (Å²) in [5, 5.41) is 2.91. The molecule has 0 radical (unpaired) electrons. The van der Waals surface area contributed by atoms with Crippen LogP contribution in [0.25, 0.3) is 0 Å². The van der Waals surface area contributed by atoms with Crippen molar-refractivity contribution in [1.82, 2.24) is 15.1 Å². The van der Waals surface area contributed by atoms with Crippen molar-refractivity contribution >= 4 is 11.8 Å². The first-order valence-electron chi connectivity index (χ1n) is 9.70. The number of nitrogens with zero attached hydrogens (tertiary/aromatic N) is 2. The fourth-order valence-corrected chi connectivity index (χ4v) is 3.28. The number of hydrogen-bond acceptors (Lipinski definition) is 3. The Labute approximate surface area is 157 Å². The number of hydrogen-bond donors (Lipinski definition) is 1. The van der Waals surface area contributed by atoms with Gasteiger partial charge in [-0.2, -0.15) is 0 Å². The molecule has 0 bridgehead atoms. The lowest BCUT2D eigenvalue weighted by Crippen LogP contribution is -2.51. The number of benzene rings is 1. The van der Waals surface area contributed by atoms with Crippen LogP contribution in [-0.2, 0) is 22.4 Å². The lowest BCUT2D eigenvalue weighted by atomic mass is 10.0. The summed E-state index contributed by atoms with van der Waals surface area (Å²) < 4.78 is 0. The maximum Gasteiger partial charge on any atom is 0.234 e. The summed E-state index contributed by atoms with van der Waals surface area (Å²) in [7, 11) is 0. The predicted octanol–water partition coefficient (Wildman–Crippen LogP) is 2.10. The van der Waals surface area contributed by atoms with Crippen molar-refractivity contribution < 1.29 is 9.59 Å². The first-order chi connectivity index (χ1) is 12.3. The van der Waals surface area contributed by atoms with Crippen LogP contribution in [0.1, 0.15) is 38.8 Å². The minimum Gasteiger partial charge on any atom is -0.353 e. The second-order valence-electron chi connectivity index (χ2n) is 7.97. The molecule has 1 saturated heterocycles. The van der Waals surface area contributed by atoms with E-state index in [0.717, 1.165) is 25.1 Å². The summed E-state index contributed by atoms with van der Waals surface area (Å²) in [6, 6.07) is 8.57. The van der Waals surface area contributed by atoms with Crippen molar-refractivity contribution in [2.45, 2.75) is 46.6 Å². The molecule has 26 heavy (non-hydrogen) atoms. The van der Waals surface area contributed by atoms with Crippen molar-refractivity contribution in [3.05, 3.63) is 35.4 Å². The van der Waals surface area contributed by atoms with Crippen molar-refractivity contribution in [3.63, 3.8) is 0 Å². The third-order valence-electron chi connectivity index (χ3n) is 4.56. The average Bonchev–Trinajstić information content (AvgIpc) is 2.56. The molecule has 1 fully saturated rings. The van der Waals surface area contributed by atoms with Crippen LogP contribution in [0.5, 0.6) is 0 Å². The molecule has 0 spiro atoms. The summed E-state index contributed by atoms with van der Waals surface area (Å²) in [6.45, 7) is 11.7. The topological polar surface area (TPSA) is 52.7 Å². The van der Waals surface area contributed by atoms with Crippen LogP contribution >= 0.6 is 0 Å². The third-order valence-corrected chi connectivity index (χ3v) is 4.56. The Morgan fingerprint density at radius 2 is 1.54 bits per heavy atom. The monoisotopic (exact) mass is 359 g/mol. The molecule has 0 aromatic heterocycles. The van der Waals surface area contributed by atoms with Crippen molar-refractivity contribution in [2.75, 3.05) is 32.7 Å². The lowest BCUT2D eigenvalue weighted by molar-refractivity contribution is -0.132. The van der Waals surface area contributed by atoms with Gasteiger partial charge in [-0.05, 0) is 37.3 Å². The lowest BCUT2D eigenvalue weighted by Gasteiger charge is -2.34. The number of piperazine rings is 1. The number of carbonyl (C=O) groups excluding carboxylic acids is 2. The molecule has 1 aromatic rings. The van der Waals surface area contributed by atoms with Crippen LogP contribution in [0, 0.1) is 5.92 Å². The molecule has 0 saturated carbocycles. The highest BCUT2D eigenvalue weighted by Crippen LogP contribution is 2.12. The highest BCUT2D eigenvalue weighted by Gasteiger charge is 2.22. The van der Waals surface area contributed by atoms with Gasteiger partial charge in [0.25, 0.3) is 0 Å². The fraction of sp³-hybridized carbons (Fsp3) is 0.619. The molecule has 1 heterocycles. The summed E-state index contributed by atoms with van der Waals surface area (Å²) in [4.78, 5) is 28.4. The summed E-state index contributed by atoms with van der Waals surface area (Å²) in [5.74, 6) is 0.871. The van der Waals surface area contributed by atoms with Gasteiger partial charge in [0.05, 0.1) is 13.0 Å². The Morgan fingerprint density at radius 3 is 2.08 bits per heavy atom. The van der Waals surface area contributed by atoms with E-state index in [1.54, 1.807) is 0 Å². The van der Waals surface area contributed by atoms with Gasteiger partial charge in [-0.25, -0.2) is 0 Å². The summed E-state index contributed by atoms with van der Waals surface area (Å²) in [6.07, 6.45) is 1.52. The zero-order valence-corrected chi connectivity index (χ0v) is 16.6. The van der Waals surface area contributed by atoms with E-state index < -0.39 is 0 Å². The van der Waals surface area contributed by atoms with Crippen molar-refractivity contribution in [3.8, 4) is 0 Å². The Hall–Kier alpha value is -1.88. The molecular formula is C21H33N3O2. The van der Waals surface area contributed by atoms with Gasteiger partial charge in [0.2, 0.25) is 11.8 Å². The number of rotatable bonds is 7. The molecule has 1 aliphatic rings. The highest BCUT2D eigenvalue weighted by molar-refractivity contribution is 5.79. The second kappa shape index (κ2) is 9.72. The highest BCUT2D eigenvalue weighted by atomic mass is 16.2. The molecule has 5 heteroatoms. The Kier molecular flexibility index (Phi) is 7.64. The number of amides is 2. The standard InChI is InChI=1S/C21H33N3O2/c1-16(2)13-18-5-7-19(8-6-18)14-21(26)24-11-9-23(10-12-24)15-20(25)22-17(3)4/h5-8,16-17H,9-15H2,1-4H3,(H,22,25). The van der Waals surface area contributed by atoms with Gasteiger partial charge >= 0.3 is 0 Å². The molecule has 144 valence electrons. The zero-order chi connectivity index (χ0) is 19.1.